The first-order valence-electron chi connectivity index (χ1n) is 9.24. The van der Waals surface area contributed by atoms with Crippen LogP contribution in [0.5, 0.6) is 11.6 Å². The molecule has 0 fully saturated rings. The molecule has 152 valence electrons. The molecule has 0 bridgehead atoms. The van der Waals surface area contributed by atoms with Crippen molar-refractivity contribution in [1.29, 1.82) is 5.26 Å². The molecule has 0 saturated heterocycles. The molecule has 0 unspecified atom stereocenters. The fourth-order valence-corrected chi connectivity index (χ4v) is 3.30. The molecule has 2 aromatic heterocycles. The van der Waals surface area contributed by atoms with Gasteiger partial charge in [-0.05, 0) is 30.5 Å². The first-order chi connectivity index (χ1) is 14.6. The maximum atomic E-state index is 9.66. The fraction of sp³-hybridized carbons (Fsp3) is 0.174. The summed E-state index contributed by atoms with van der Waals surface area (Å²) < 4.78 is 11.2. The molecule has 0 aliphatic carbocycles. The number of aryl methyl sites for hydroxylation is 1. The lowest BCUT2D eigenvalue weighted by molar-refractivity contribution is 0.284. The number of allylic oxidation sites excluding steroid dienone is 1. The van der Waals surface area contributed by atoms with Crippen LogP contribution in [-0.4, -0.2) is 23.7 Å². The van der Waals surface area contributed by atoms with E-state index >= 15 is 0 Å². The second kappa shape index (κ2) is 10.6. The van der Waals surface area contributed by atoms with Gasteiger partial charge >= 0.3 is 0 Å². The molecule has 5 nitrogen and oxygen atoms in total. The van der Waals surface area contributed by atoms with Gasteiger partial charge in [-0.15, -0.1) is 0 Å². The largest absolute Gasteiger partial charge is 0.488 e. The standard InChI is InChI=1S/C23H19Cl2N3O2/c1-29-23-22(30-9-5-8-16-6-3-2-4-7-16)11-18(13-28-23)17(12-26)10-19-20(24)14-27-15-21(19)25/h2-4,6-7,10-11,13-15H,5,8-9H2,1H3/b17-10+. The van der Waals surface area contributed by atoms with Gasteiger partial charge in [-0.2, -0.15) is 5.26 Å². The minimum atomic E-state index is 0.342. The third-order valence-corrected chi connectivity index (χ3v) is 4.93. The predicted molar refractivity (Wildman–Crippen MR) is 119 cm³/mol. The fourth-order valence-electron chi connectivity index (χ4n) is 2.82. The van der Waals surface area contributed by atoms with E-state index in [4.69, 9.17) is 32.7 Å². The highest BCUT2D eigenvalue weighted by molar-refractivity contribution is 6.37. The highest BCUT2D eigenvalue weighted by Crippen LogP contribution is 2.31. The summed E-state index contributed by atoms with van der Waals surface area (Å²) in [7, 11) is 1.52. The zero-order valence-electron chi connectivity index (χ0n) is 16.3. The molecule has 30 heavy (non-hydrogen) atoms. The summed E-state index contributed by atoms with van der Waals surface area (Å²) in [6.45, 7) is 0.490. The maximum Gasteiger partial charge on any atom is 0.256 e. The van der Waals surface area contributed by atoms with Crippen LogP contribution in [0.2, 0.25) is 10.0 Å². The monoisotopic (exact) mass is 439 g/mol. The first kappa shape index (κ1) is 21.6. The Morgan fingerprint density at radius 2 is 1.87 bits per heavy atom. The number of methoxy groups -OCH3 is 1. The van der Waals surface area contributed by atoms with E-state index in [1.807, 2.05) is 18.2 Å². The van der Waals surface area contributed by atoms with Gasteiger partial charge in [-0.25, -0.2) is 4.98 Å². The Morgan fingerprint density at radius 3 is 2.53 bits per heavy atom. The summed E-state index contributed by atoms with van der Waals surface area (Å²) in [4.78, 5) is 8.20. The molecule has 0 radical (unpaired) electrons. The number of nitrogens with zero attached hydrogens (tertiary/aromatic N) is 3. The van der Waals surface area contributed by atoms with Crippen molar-refractivity contribution in [3.63, 3.8) is 0 Å². The smallest absolute Gasteiger partial charge is 0.256 e. The summed E-state index contributed by atoms with van der Waals surface area (Å²) in [6, 6.07) is 14.1. The van der Waals surface area contributed by atoms with Crippen LogP contribution < -0.4 is 9.47 Å². The van der Waals surface area contributed by atoms with Crippen LogP contribution in [0.1, 0.15) is 23.1 Å². The molecule has 0 spiro atoms. The molecule has 0 amide bonds. The molecule has 7 heteroatoms. The van der Waals surface area contributed by atoms with Gasteiger partial charge < -0.3 is 9.47 Å². The van der Waals surface area contributed by atoms with Crippen molar-refractivity contribution in [2.75, 3.05) is 13.7 Å². The maximum absolute atomic E-state index is 9.66. The van der Waals surface area contributed by atoms with Gasteiger partial charge in [0.15, 0.2) is 5.75 Å². The van der Waals surface area contributed by atoms with Gasteiger partial charge in [-0.3, -0.25) is 4.98 Å². The molecule has 3 aromatic rings. The van der Waals surface area contributed by atoms with Crippen LogP contribution in [0.25, 0.3) is 11.6 Å². The Balaban J connectivity index is 1.79. The third-order valence-electron chi connectivity index (χ3n) is 4.33. The number of pyridine rings is 2. The number of hydrogen-bond donors (Lipinski definition) is 0. The van der Waals surface area contributed by atoms with Gasteiger partial charge in [0.2, 0.25) is 0 Å². The van der Waals surface area contributed by atoms with Gasteiger partial charge in [-0.1, -0.05) is 53.5 Å². The van der Waals surface area contributed by atoms with Crippen molar-refractivity contribution in [1.82, 2.24) is 9.97 Å². The van der Waals surface area contributed by atoms with Crippen molar-refractivity contribution < 1.29 is 9.47 Å². The molecule has 0 aliphatic heterocycles. The van der Waals surface area contributed by atoms with E-state index in [0.29, 0.717) is 45.0 Å². The summed E-state index contributed by atoms with van der Waals surface area (Å²) >= 11 is 12.3. The summed E-state index contributed by atoms with van der Waals surface area (Å²) in [5.41, 5.74) is 2.68. The highest BCUT2D eigenvalue weighted by Gasteiger charge is 2.12. The number of rotatable bonds is 8. The molecule has 3 rings (SSSR count). The van der Waals surface area contributed by atoms with E-state index < -0.39 is 0 Å². The number of aromatic nitrogens is 2. The Kier molecular flexibility index (Phi) is 7.67. The van der Waals surface area contributed by atoms with Gasteiger partial charge in [0.05, 0.1) is 35.4 Å². The summed E-state index contributed by atoms with van der Waals surface area (Å²) in [5.74, 6) is 0.826. The number of nitriles is 1. The van der Waals surface area contributed by atoms with Crippen LogP contribution in [0, 0.1) is 11.3 Å². The normalized spacial score (nSPS) is 11.1. The van der Waals surface area contributed by atoms with Crippen molar-refractivity contribution >= 4 is 34.9 Å². The average molecular weight is 440 g/mol. The van der Waals surface area contributed by atoms with Crippen molar-refractivity contribution in [2.24, 2.45) is 0 Å². The van der Waals surface area contributed by atoms with E-state index in [1.54, 1.807) is 18.3 Å². The topological polar surface area (TPSA) is 68.0 Å². The van der Waals surface area contributed by atoms with E-state index in [0.717, 1.165) is 12.8 Å². The number of halogens is 2. The average Bonchev–Trinajstić information content (AvgIpc) is 2.77. The second-order valence-electron chi connectivity index (χ2n) is 6.36. The van der Waals surface area contributed by atoms with Crippen LogP contribution in [0.4, 0.5) is 0 Å². The summed E-state index contributed by atoms with van der Waals surface area (Å²) in [6.07, 6.45) is 7.84. The second-order valence-corrected chi connectivity index (χ2v) is 7.17. The molecular weight excluding hydrogens is 421 g/mol. The Morgan fingerprint density at radius 1 is 1.13 bits per heavy atom. The highest BCUT2D eigenvalue weighted by atomic mass is 35.5. The lowest BCUT2D eigenvalue weighted by atomic mass is 10.1. The third kappa shape index (κ3) is 5.50. The minimum Gasteiger partial charge on any atom is -0.488 e. The molecule has 0 N–H and O–H groups in total. The zero-order valence-corrected chi connectivity index (χ0v) is 17.8. The van der Waals surface area contributed by atoms with E-state index in [2.05, 4.69) is 28.2 Å². The molecule has 1 aromatic carbocycles. The van der Waals surface area contributed by atoms with Crippen LogP contribution in [-0.2, 0) is 6.42 Å². The number of ether oxygens (including phenoxy) is 2. The number of benzene rings is 1. The van der Waals surface area contributed by atoms with E-state index in [9.17, 15) is 5.26 Å². The predicted octanol–water partition coefficient (Wildman–Crippen LogP) is 5.87. The zero-order chi connectivity index (χ0) is 21.3. The number of hydrogen-bond acceptors (Lipinski definition) is 5. The van der Waals surface area contributed by atoms with Crippen LogP contribution in [0.15, 0.2) is 55.0 Å². The Labute approximate surface area is 185 Å². The SMILES string of the molecule is COc1ncc(/C(C#N)=C/c2c(Cl)cncc2Cl)cc1OCCCc1ccccc1. The molecule has 0 saturated carbocycles. The Bertz CT molecular complexity index is 1060. The molecule has 0 atom stereocenters. The first-order valence-corrected chi connectivity index (χ1v) is 10.00. The van der Waals surface area contributed by atoms with Gasteiger partial charge in [0, 0.05) is 29.7 Å². The quantitative estimate of drug-likeness (QED) is 0.324. The van der Waals surface area contributed by atoms with Crippen molar-refractivity contribution in [3.05, 3.63) is 81.7 Å². The van der Waals surface area contributed by atoms with E-state index in [-0.39, 0.29) is 0 Å². The lowest BCUT2D eigenvalue weighted by Gasteiger charge is -2.11. The van der Waals surface area contributed by atoms with Gasteiger partial charge in [0.1, 0.15) is 0 Å². The van der Waals surface area contributed by atoms with E-state index in [1.165, 1.54) is 25.1 Å². The molecule has 0 aliphatic rings. The minimum absolute atomic E-state index is 0.342. The van der Waals surface area contributed by atoms with Crippen molar-refractivity contribution in [3.8, 4) is 17.7 Å². The van der Waals surface area contributed by atoms with Crippen LogP contribution >= 0.6 is 23.2 Å². The van der Waals surface area contributed by atoms with Gasteiger partial charge in [0.25, 0.3) is 5.88 Å². The lowest BCUT2D eigenvalue weighted by Crippen LogP contribution is -2.03. The summed E-state index contributed by atoms with van der Waals surface area (Å²) in [5, 5.41) is 10.4. The molecular formula is C23H19Cl2N3O2. The van der Waals surface area contributed by atoms with Crippen molar-refractivity contribution in [2.45, 2.75) is 12.8 Å². The Hall–Kier alpha value is -3.07. The van der Waals surface area contributed by atoms with Crippen LogP contribution in [0.3, 0.4) is 0 Å². The molecule has 2 heterocycles.